The van der Waals surface area contributed by atoms with Gasteiger partial charge in [-0.25, -0.2) is 9.78 Å². The van der Waals surface area contributed by atoms with Crippen LogP contribution in [-0.2, 0) is 6.54 Å². The van der Waals surface area contributed by atoms with Crippen LogP contribution in [0.3, 0.4) is 0 Å². The van der Waals surface area contributed by atoms with Gasteiger partial charge in [-0.1, -0.05) is 0 Å². The molecule has 3 aromatic rings. The molecule has 1 aliphatic rings. The van der Waals surface area contributed by atoms with E-state index >= 15 is 0 Å². The van der Waals surface area contributed by atoms with Crippen molar-refractivity contribution in [2.75, 3.05) is 21.3 Å². The third-order valence-corrected chi connectivity index (χ3v) is 5.16. The number of fused-ring (bicyclic) bond motifs is 2. The lowest BCUT2D eigenvalue weighted by molar-refractivity contribution is 0.0697. The highest BCUT2D eigenvalue weighted by molar-refractivity contribution is 5.93. The molecule has 0 amide bonds. The van der Waals surface area contributed by atoms with Crippen LogP contribution < -0.4 is 19.8 Å². The third kappa shape index (κ3) is 3.16. The molecule has 0 saturated carbocycles. The number of benzene rings is 2. The summed E-state index contributed by atoms with van der Waals surface area (Å²) in [6, 6.07) is 7.89. The molecule has 0 fully saturated rings. The van der Waals surface area contributed by atoms with Crippen LogP contribution >= 0.6 is 0 Å². The number of ether oxygens (including phenoxy) is 3. The van der Waals surface area contributed by atoms with Gasteiger partial charge in [0.2, 0.25) is 0 Å². The predicted molar refractivity (Wildman–Crippen MR) is 112 cm³/mol. The van der Waals surface area contributed by atoms with Gasteiger partial charge >= 0.3 is 5.97 Å². The molecule has 0 unspecified atom stereocenters. The van der Waals surface area contributed by atoms with Gasteiger partial charge in [0.05, 0.1) is 37.8 Å². The van der Waals surface area contributed by atoms with E-state index in [0.717, 1.165) is 11.1 Å². The molecule has 0 bridgehead atoms. The number of rotatable bonds is 5. The van der Waals surface area contributed by atoms with Crippen molar-refractivity contribution >= 4 is 28.5 Å². The lowest BCUT2D eigenvalue weighted by Gasteiger charge is -2.13. The molecule has 154 valence electrons. The molecule has 1 aromatic heterocycles. The molecule has 1 aliphatic heterocycles. The first-order chi connectivity index (χ1) is 14.5. The lowest BCUT2D eigenvalue weighted by atomic mass is 10.1. The van der Waals surface area contributed by atoms with Crippen molar-refractivity contribution in [2.24, 2.45) is 0 Å². The Balaban J connectivity index is 1.88. The van der Waals surface area contributed by atoms with Gasteiger partial charge in [0.25, 0.3) is 5.56 Å². The first-order valence-corrected chi connectivity index (χ1v) is 9.25. The largest absolute Gasteiger partial charge is 0.496 e. The smallest absolute Gasteiger partial charge is 0.335 e. The number of aromatic carboxylic acids is 1. The maximum atomic E-state index is 12.9. The van der Waals surface area contributed by atoms with E-state index in [-0.39, 0.29) is 11.1 Å². The summed E-state index contributed by atoms with van der Waals surface area (Å²) in [5.74, 6) is 1.15. The molecule has 0 aliphatic carbocycles. The molecule has 1 N–H and O–H groups in total. The molecule has 0 radical (unpaired) electrons. The van der Waals surface area contributed by atoms with Crippen molar-refractivity contribution in [1.82, 2.24) is 9.55 Å². The average molecular weight is 408 g/mol. The fourth-order valence-electron chi connectivity index (χ4n) is 3.64. The highest BCUT2D eigenvalue weighted by Gasteiger charge is 2.22. The summed E-state index contributed by atoms with van der Waals surface area (Å²) in [5.41, 5.74) is 1.87. The summed E-state index contributed by atoms with van der Waals surface area (Å²) < 4.78 is 17.8. The molecule has 2 aromatic carbocycles. The summed E-state index contributed by atoms with van der Waals surface area (Å²) in [5, 5.41) is 9.64. The number of hydrogen-bond acceptors (Lipinski definition) is 6. The molecular formula is C22H20N2O6. The second-order valence-electron chi connectivity index (χ2n) is 6.80. The second-order valence-corrected chi connectivity index (χ2v) is 6.80. The number of allylic oxidation sites excluding steroid dienone is 1. The normalized spacial score (nSPS) is 14.0. The van der Waals surface area contributed by atoms with Gasteiger partial charge in [-0.05, 0) is 42.3 Å². The Hall–Kier alpha value is -3.81. The van der Waals surface area contributed by atoms with E-state index < -0.39 is 5.97 Å². The Morgan fingerprint density at radius 1 is 1.07 bits per heavy atom. The monoisotopic (exact) mass is 408 g/mol. The van der Waals surface area contributed by atoms with Crippen LogP contribution in [0.1, 0.15) is 28.2 Å². The highest BCUT2D eigenvalue weighted by Crippen LogP contribution is 2.37. The van der Waals surface area contributed by atoms with Crippen molar-refractivity contribution < 1.29 is 24.1 Å². The molecule has 8 nitrogen and oxygen atoms in total. The first kappa shape index (κ1) is 19.5. The van der Waals surface area contributed by atoms with E-state index in [0.29, 0.717) is 46.9 Å². The summed E-state index contributed by atoms with van der Waals surface area (Å²) in [4.78, 5) is 28.8. The fourth-order valence-corrected chi connectivity index (χ4v) is 3.64. The number of hydrogen-bond donors (Lipinski definition) is 1. The number of aromatic nitrogens is 2. The fraction of sp³-hybridized carbons (Fsp3) is 0.227. The van der Waals surface area contributed by atoms with Crippen molar-refractivity contribution in [3.8, 4) is 17.2 Å². The third-order valence-electron chi connectivity index (χ3n) is 5.16. The number of carbonyl (C=O) groups is 1. The topological polar surface area (TPSA) is 99.9 Å². The minimum Gasteiger partial charge on any atom is -0.496 e. The quantitative estimate of drug-likeness (QED) is 0.692. The van der Waals surface area contributed by atoms with Crippen LogP contribution in [0, 0.1) is 0 Å². The number of carboxylic acids is 1. The molecule has 0 saturated heterocycles. The van der Waals surface area contributed by atoms with Gasteiger partial charge in [0.1, 0.15) is 11.6 Å². The SMILES string of the molecule is COc1cc(OC)c(OC)cc1/C=C1/CCn2c1nc1cc(C(=O)O)ccc1c2=O. The molecule has 2 heterocycles. The number of nitrogens with zero attached hydrogens (tertiary/aromatic N) is 2. The van der Waals surface area contributed by atoms with Gasteiger partial charge in [-0.15, -0.1) is 0 Å². The van der Waals surface area contributed by atoms with Crippen molar-refractivity contribution in [3.05, 3.63) is 57.6 Å². The Bertz CT molecular complexity index is 1260. The van der Waals surface area contributed by atoms with Gasteiger partial charge in [0.15, 0.2) is 11.5 Å². The average Bonchev–Trinajstić information content (AvgIpc) is 3.15. The summed E-state index contributed by atoms with van der Waals surface area (Å²) in [6.07, 6.45) is 2.51. The van der Waals surface area contributed by atoms with Gasteiger partial charge in [-0.3, -0.25) is 9.36 Å². The van der Waals surface area contributed by atoms with E-state index in [1.807, 2.05) is 6.08 Å². The molecule has 0 atom stereocenters. The molecular weight excluding hydrogens is 388 g/mol. The van der Waals surface area contributed by atoms with E-state index in [4.69, 9.17) is 14.2 Å². The highest BCUT2D eigenvalue weighted by atomic mass is 16.5. The van der Waals surface area contributed by atoms with E-state index in [1.165, 1.54) is 18.2 Å². The Labute approximate surface area is 172 Å². The predicted octanol–water partition coefficient (Wildman–Crippen LogP) is 3.06. The molecule has 30 heavy (non-hydrogen) atoms. The maximum Gasteiger partial charge on any atom is 0.335 e. The minimum atomic E-state index is -1.06. The lowest BCUT2D eigenvalue weighted by Crippen LogP contribution is -2.21. The van der Waals surface area contributed by atoms with Crippen molar-refractivity contribution in [2.45, 2.75) is 13.0 Å². The standard InChI is InChI=1S/C22H20N2O6/c1-28-17-11-19(30-3)18(29-2)10-14(17)8-12-6-7-24-20(12)23-16-9-13(22(26)27)4-5-15(16)21(24)25/h4-5,8-11H,6-7H2,1-3H3,(H,26,27)/b12-8-. The Morgan fingerprint density at radius 2 is 1.77 bits per heavy atom. The van der Waals surface area contributed by atoms with Crippen LogP contribution in [-0.4, -0.2) is 42.0 Å². The van der Waals surface area contributed by atoms with Crippen LogP contribution in [0.25, 0.3) is 22.6 Å². The molecule has 8 heteroatoms. The van der Waals surface area contributed by atoms with Gasteiger partial charge < -0.3 is 19.3 Å². The van der Waals surface area contributed by atoms with E-state index in [9.17, 15) is 14.7 Å². The Kier molecular flexibility index (Phi) is 4.91. The number of methoxy groups -OCH3 is 3. The van der Waals surface area contributed by atoms with Crippen molar-refractivity contribution in [3.63, 3.8) is 0 Å². The van der Waals surface area contributed by atoms with Crippen LogP contribution in [0.15, 0.2) is 35.1 Å². The van der Waals surface area contributed by atoms with Gasteiger partial charge in [-0.2, -0.15) is 0 Å². The first-order valence-electron chi connectivity index (χ1n) is 9.25. The summed E-state index contributed by atoms with van der Waals surface area (Å²) in [6.45, 7) is 0.499. The van der Waals surface area contributed by atoms with Crippen LogP contribution in [0.4, 0.5) is 0 Å². The van der Waals surface area contributed by atoms with Gasteiger partial charge in [0, 0.05) is 18.2 Å². The van der Waals surface area contributed by atoms with E-state index in [2.05, 4.69) is 4.98 Å². The summed E-state index contributed by atoms with van der Waals surface area (Å²) in [7, 11) is 4.67. The zero-order valence-corrected chi connectivity index (χ0v) is 16.8. The Morgan fingerprint density at radius 3 is 2.43 bits per heavy atom. The number of carboxylic acid groups (broad SMARTS) is 1. The van der Waals surface area contributed by atoms with Crippen molar-refractivity contribution in [1.29, 1.82) is 0 Å². The molecule has 0 spiro atoms. The van der Waals surface area contributed by atoms with E-state index in [1.54, 1.807) is 38.0 Å². The summed E-state index contributed by atoms with van der Waals surface area (Å²) >= 11 is 0. The maximum absolute atomic E-state index is 12.9. The molecule has 4 rings (SSSR count). The van der Waals surface area contributed by atoms with Crippen LogP contribution in [0.2, 0.25) is 0 Å². The zero-order chi connectivity index (χ0) is 21.4. The van der Waals surface area contributed by atoms with Crippen LogP contribution in [0.5, 0.6) is 17.2 Å². The minimum absolute atomic E-state index is 0.0874. The zero-order valence-electron chi connectivity index (χ0n) is 16.8. The second kappa shape index (κ2) is 7.55.